The Morgan fingerprint density at radius 2 is 2.17 bits per heavy atom. The van der Waals surface area contributed by atoms with Gasteiger partial charge in [-0.05, 0) is 47.1 Å². The van der Waals surface area contributed by atoms with E-state index in [1.807, 2.05) is 31.2 Å². The number of anilines is 1. The van der Waals surface area contributed by atoms with Crippen molar-refractivity contribution >= 4 is 21.7 Å². The van der Waals surface area contributed by atoms with E-state index in [4.69, 9.17) is 0 Å². The second kappa shape index (κ2) is 5.82. The fourth-order valence-electron chi connectivity index (χ4n) is 1.65. The van der Waals surface area contributed by atoms with Crippen LogP contribution in [-0.4, -0.2) is 16.1 Å². The number of hydrogen-bond acceptors (Lipinski definition) is 3. The van der Waals surface area contributed by atoms with Crippen molar-refractivity contribution in [1.82, 2.24) is 9.55 Å². The first-order valence-corrected chi connectivity index (χ1v) is 6.54. The van der Waals surface area contributed by atoms with E-state index >= 15 is 0 Å². The van der Waals surface area contributed by atoms with Crippen LogP contribution in [0.3, 0.4) is 0 Å². The SMILES string of the molecule is CCNc1cccc(Cn2cccc(Br)c2=O)n1. The Balaban J connectivity index is 2.26. The van der Waals surface area contributed by atoms with Gasteiger partial charge in [0.25, 0.3) is 5.56 Å². The third-order valence-corrected chi connectivity index (χ3v) is 3.07. The number of nitrogens with one attached hydrogen (secondary N) is 1. The maximum Gasteiger partial charge on any atom is 0.265 e. The van der Waals surface area contributed by atoms with Crippen LogP contribution in [0, 0.1) is 0 Å². The molecule has 0 amide bonds. The molecule has 1 N–H and O–H groups in total. The van der Waals surface area contributed by atoms with E-state index in [-0.39, 0.29) is 5.56 Å². The second-order valence-corrected chi connectivity index (χ2v) is 4.69. The van der Waals surface area contributed by atoms with Gasteiger partial charge < -0.3 is 9.88 Å². The van der Waals surface area contributed by atoms with Gasteiger partial charge >= 0.3 is 0 Å². The predicted octanol–water partition coefficient (Wildman–Crippen LogP) is 2.49. The highest BCUT2D eigenvalue weighted by molar-refractivity contribution is 9.10. The summed E-state index contributed by atoms with van der Waals surface area (Å²) < 4.78 is 2.19. The zero-order valence-electron chi connectivity index (χ0n) is 10.1. The summed E-state index contributed by atoms with van der Waals surface area (Å²) >= 11 is 3.23. The van der Waals surface area contributed by atoms with E-state index in [9.17, 15) is 4.79 Å². The van der Waals surface area contributed by atoms with E-state index in [0.717, 1.165) is 18.1 Å². The van der Waals surface area contributed by atoms with Gasteiger partial charge in [-0.25, -0.2) is 4.98 Å². The molecular formula is C13H14BrN3O. The summed E-state index contributed by atoms with van der Waals surface area (Å²) in [5.41, 5.74) is 0.807. The van der Waals surface area contributed by atoms with E-state index in [0.29, 0.717) is 11.0 Å². The number of pyridine rings is 2. The molecule has 18 heavy (non-hydrogen) atoms. The first-order valence-electron chi connectivity index (χ1n) is 5.75. The molecule has 0 spiro atoms. The van der Waals surface area contributed by atoms with E-state index in [1.165, 1.54) is 0 Å². The van der Waals surface area contributed by atoms with Gasteiger partial charge in [0, 0.05) is 12.7 Å². The molecule has 0 aromatic carbocycles. The molecule has 0 radical (unpaired) electrons. The van der Waals surface area contributed by atoms with Crippen LogP contribution in [0.4, 0.5) is 5.82 Å². The Labute approximate surface area is 114 Å². The van der Waals surface area contributed by atoms with Gasteiger partial charge in [0.1, 0.15) is 5.82 Å². The maximum atomic E-state index is 11.9. The van der Waals surface area contributed by atoms with Crippen molar-refractivity contribution in [1.29, 1.82) is 0 Å². The molecule has 2 heterocycles. The van der Waals surface area contributed by atoms with E-state index in [1.54, 1.807) is 16.8 Å². The van der Waals surface area contributed by atoms with Crippen molar-refractivity contribution in [3.63, 3.8) is 0 Å². The third kappa shape index (κ3) is 2.98. The average molecular weight is 308 g/mol. The van der Waals surface area contributed by atoms with Gasteiger partial charge in [-0.2, -0.15) is 0 Å². The smallest absolute Gasteiger partial charge is 0.265 e. The molecule has 0 bridgehead atoms. The molecule has 0 atom stereocenters. The molecule has 0 aliphatic rings. The molecule has 0 aliphatic carbocycles. The standard InChI is InChI=1S/C13H14BrN3O/c1-2-15-12-7-3-5-10(16-12)9-17-8-4-6-11(14)13(17)18/h3-8H,2,9H2,1H3,(H,15,16). The second-order valence-electron chi connectivity index (χ2n) is 3.83. The first kappa shape index (κ1) is 12.8. The first-order chi connectivity index (χ1) is 8.70. The molecular weight excluding hydrogens is 294 g/mol. The van der Waals surface area contributed by atoms with Crippen molar-refractivity contribution in [3.05, 3.63) is 57.0 Å². The van der Waals surface area contributed by atoms with Crippen molar-refractivity contribution in [2.24, 2.45) is 0 Å². The summed E-state index contributed by atoms with van der Waals surface area (Å²) in [4.78, 5) is 16.3. The Morgan fingerprint density at radius 1 is 1.33 bits per heavy atom. The molecule has 2 aromatic rings. The highest BCUT2D eigenvalue weighted by Gasteiger charge is 2.02. The largest absolute Gasteiger partial charge is 0.370 e. The number of hydrogen-bond donors (Lipinski definition) is 1. The van der Waals surface area contributed by atoms with Gasteiger partial charge in [0.15, 0.2) is 0 Å². The molecule has 5 heteroatoms. The molecule has 4 nitrogen and oxygen atoms in total. The topological polar surface area (TPSA) is 46.9 Å². The van der Waals surface area contributed by atoms with Crippen LogP contribution >= 0.6 is 15.9 Å². The van der Waals surface area contributed by atoms with Crippen LogP contribution in [0.15, 0.2) is 45.8 Å². The fourth-order valence-corrected chi connectivity index (χ4v) is 2.03. The van der Waals surface area contributed by atoms with Gasteiger partial charge in [-0.3, -0.25) is 4.79 Å². The quantitative estimate of drug-likeness (QED) is 0.944. The summed E-state index contributed by atoms with van der Waals surface area (Å²) in [6.07, 6.45) is 1.76. The molecule has 0 aliphatic heterocycles. The number of halogens is 1. The highest BCUT2D eigenvalue weighted by atomic mass is 79.9. The normalized spacial score (nSPS) is 10.3. The minimum atomic E-state index is -0.0480. The Hall–Kier alpha value is -1.62. The minimum Gasteiger partial charge on any atom is -0.370 e. The van der Waals surface area contributed by atoms with Crippen molar-refractivity contribution < 1.29 is 0 Å². The lowest BCUT2D eigenvalue weighted by molar-refractivity contribution is 0.736. The van der Waals surface area contributed by atoms with Crippen LogP contribution in [0.1, 0.15) is 12.6 Å². The Morgan fingerprint density at radius 3 is 2.94 bits per heavy atom. The summed E-state index contributed by atoms with van der Waals surface area (Å²) in [7, 11) is 0. The lowest BCUT2D eigenvalue weighted by Crippen LogP contribution is -2.20. The summed E-state index contributed by atoms with van der Waals surface area (Å²) in [6, 6.07) is 9.33. The molecule has 2 aromatic heterocycles. The fraction of sp³-hybridized carbons (Fsp3) is 0.231. The van der Waals surface area contributed by atoms with Crippen LogP contribution in [-0.2, 0) is 6.54 Å². The van der Waals surface area contributed by atoms with Crippen LogP contribution < -0.4 is 10.9 Å². The highest BCUT2D eigenvalue weighted by Crippen LogP contribution is 2.07. The average Bonchev–Trinajstić information content (AvgIpc) is 2.36. The lowest BCUT2D eigenvalue weighted by atomic mass is 10.3. The maximum absolute atomic E-state index is 11.9. The van der Waals surface area contributed by atoms with Gasteiger partial charge in [-0.1, -0.05) is 6.07 Å². The summed E-state index contributed by atoms with van der Waals surface area (Å²) in [6.45, 7) is 3.32. The molecule has 0 saturated carbocycles. The van der Waals surface area contributed by atoms with E-state index in [2.05, 4.69) is 26.2 Å². The summed E-state index contributed by atoms with van der Waals surface area (Å²) in [5, 5.41) is 3.15. The number of rotatable bonds is 4. The minimum absolute atomic E-state index is 0.0480. The van der Waals surface area contributed by atoms with Gasteiger partial charge in [-0.15, -0.1) is 0 Å². The lowest BCUT2D eigenvalue weighted by Gasteiger charge is -2.07. The number of aromatic nitrogens is 2. The molecule has 0 unspecified atom stereocenters. The molecule has 0 fully saturated rings. The third-order valence-electron chi connectivity index (χ3n) is 2.47. The van der Waals surface area contributed by atoms with Gasteiger partial charge in [0.05, 0.1) is 16.7 Å². The molecule has 2 rings (SSSR count). The summed E-state index contributed by atoms with van der Waals surface area (Å²) in [5.74, 6) is 0.832. The van der Waals surface area contributed by atoms with Crippen LogP contribution in [0.25, 0.3) is 0 Å². The molecule has 0 saturated heterocycles. The van der Waals surface area contributed by atoms with Crippen LogP contribution in [0.5, 0.6) is 0 Å². The van der Waals surface area contributed by atoms with Crippen LogP contribution in [0.2, 0.25) is 0 Å². The Bertz CT molecular complexity index is 595. The predicted molar refractivity (Wildman–Crippen MR) is 75.9 cm³/mol. The van der Waals surface area contributed by atoms with Crippen molar-refractivity contribution in [2.45, 2.75) is 13.5 Å². The zero-order valence-corrected chi connectivity index (χ0v) is 11.6. The molecule has 94 valence electrons. The number of nitrogens with zero attached hydrogens (tertiary/aromatic N) is 2. The monoisotopic (exact) mass is 307 g/mol. The van der Waals surface area contributed by atoms with Crippen molar-refractivity contribution in [2.75, 3.05) is 11.9 Å². The van der Waals surface area contributed by atoms with Crippen molar-refractivity contribution in [3.8, 4) is 0 Å². The van der Waals surface area contributed by atoms with E-state index < -0.39 is 0 Å². The van der Waals surface area contributed by atoms with Gasteiger partial charge in [0.2, 0.25) is 0 Å². The zero-order chi connectivity index (χ0) is 13.0. The Kier molecular flexibility index (Phi) is 4.15.